The van der Waals surface area contributed by atoms with Gasteiger partial charge >= 0.3 is 0 Å². The molecule has 0 spiro atoms. The van der Waals surface area contributed by atoms with Gasteiger partial charge in [-0.3, -0.25) is 4.79 Å². The van der Waals surface area contributed by atoms with Crippen molar-refractivity contribution in [2.24, 2.45) is 0 Å². The highest BCUT2D eigenvalue weighted by Crippen LogP contribution is 2.23. The van der Waals surface area contributed by atoms with Crippen molar-refractivity contribution < 1.29 is 39.8 Å². The summed E-state index contributed by atoms with van der Waals surface area (Å²) in [6.07, 6.45) is 68.0. The van der Waals surface area contributed by atoms with E-state index in [1.165, 1.54) is 173 Å². The van der Waals surface area contributed by atoms with Gasteiger partial charge in [0.2, 0.25) is 5.91 Å². The van der Waals surface area contributed by atoms with E-state index in [2.05, 4.69) is 92.1 Å². The van der Waals surface area contributed by atoms with E-state index in [0.717, 1.165) is 77.0 Å². The molecular formula is C65H117NO8. The van der Waals surface area contributed by atoms with E-state index in [0.29, 0.717) is 12.8 Å². The standard InChI is InChI=1S/C65H117NO8/c1-3-5-7-9-11-13-15-17-19-21-22-23-24-25-26-27-28-29-30-31-32-33-34-35-36-37-38-39-41-43-45-47-49-51-53-55-61(69)66-58(57-73-65-64(72)63(71)62(70)60(56-67)74-65)59(68)54-52-50-48-46-44-42-40-20-18-16-14-12-10-8-6-4-2/h5,7,11,13,17,19,22-23,25-26,28-29,58-60,62-65,67-68,70-72H,3-4,6,8-10,12,14-16,18,20-21,24,27,30-57H2,1-2H3,(H,66,69)/b7-5-,13-11-,19-17-,23-22-,26-25-,29-28-. The Bertz CT molecular complexity index is 1390. The van der Waals surface area contributed by atoms with Crippen LogP contribution in [0.5, 0.6) is 0 Å². The normalized spacial score (nSPS) is 19.5. The third kappa shape index (κ3) is 42.7. The lowest BCUT2D eigenvalue weighted by atomic mass is 9.99. The van der Waals surface area contributed by atoms with Gasteiger partial charge in [0.15, 0.2) is 6.29 Å². The van der Waals surface area contributed by atoms with Crippen molar-refractivity contribution in [3.63, 3.8) is 0 Å². The van der Waals surface area contributed by atoms with E-state index in [9.17, 15) is 30.3 Å². The number of amides is 1. The molecule has 0 radical (unpaired) electrons. The topological polar surface area (TPSA) is 149 Å². The largest absolute Gasteiger partial charge is 0.394 e. The van der Waals surface area contributed by atoms with Gasteiger partial charge in [-0.2, -0.15) is 0 Å². The number of ether oxygens (including phenoxy) is 2. The van der Waals surface area contributed by atoms with Gasteiger partial charge in [-0.1, -0.05) is 279 Å². The van der Waals surface area contributed by atoms with Gasteiger partial charge in [0.05, 0.1) is 25.4 Å². The van der Waals surface area contributed by atoms with Crippen molar-refractivity contribution in [3.8, 4) is 0 Å². The second kappa shape index (κ2) is 54.0. The molecule has 7 unspecified atom stereocenters. The summed E-state index contributed by atoms with van der Waals surface area (Å²) in [7, 11) is 0. The predicted molar refractivity (Wildman–Crippen MR) is 313 cm³/mol. The van der Waals surface area contributed by atoms with Crippen LogP contribution in [0.4, 0.5) is 0 Å². The molecular weight excluding hydrogens is 923 g/mol. The highest BCUT2D eigenvalue weighted by atomic mass is 16.7. The molecule has 9 nitrogen and oxygen atoms in total. The average Bonchev–Trinajstić information content (AvgIpc) is 3.40. The molecule has 0 aliphatic carbocycles. The molecule has 7 atom stereocenters. The number of allylic oxidation sites excluding steroid dienone is 12. The minimum Gasteiger partial charge on any atom is -0.394 e. The Balaban J connectivity index is 2.11. The van der Waals surface area contributed by atoms with Gasteiger partial charge in [-0.15, -0.1) is 0 Å². The number of nitrogens with one attached hydrogen (secondary N) is 1. The molecule has 1 fully saturated rings. The van der Waals surface area contributed by atoms with E-state index in [1.807, 2.05) is 0 Å². The molecule has 0 aromatic rings. The SMILES string of the molecule is CC/C=C\C/C=C\C/C=C\C/C=C\C/C=C\C/C=C\CCCCCCCCCCCCCCCCCCC(=O)NC(COC1OC(CO)C(O)C(O)C1O)C(O)CCCCCCCCCCCCCCCCCC. The molecule has 430 valence electrons. The number of carbonyl (C=O) groups is 1. The van der Waals surface area contributed by atoms with E-state index in [1.54, 1.807) is 0 Å². The molecule has 0 aromatic heterocycles. The first-order valence-electron chi connectivity index (χ1n) is 31.1. The number of aliphatic hydroxyl groups excluding tert-OH is 5. The first-order chi connectivity index (χ1) is 36.3. The van der Waals surface area contributed by atoms with E-state index in [4.69, 9.17) is 9.47 Å². The van der Waals surface area contributed by atoms with E-state index >= 15 is 0 Å². The molecule has 1 aliphatic rings. The van der Waals surface area contributed by atoms with Gasteiger partial charge in [-0.05, 0) is 64.2 Å². The lowest BCUT2D eigenvalue weighted by Gasteiger charge is -2.40. The van der Waals surface area contributed by atoms with Crippen LogP contribution in [0.15, 0.2) is 72.9 Å². The van der Waals surface area contributed by atoms with E-state index < -0.39 is 49.5 Å². The minimum absolute atomic E-state index is 0.138. The zero-order chi connectivity index (χ0) is 53.6. The number of rotatable bonds is 53. The van der Waals surface area contributed by atoms with Crippen molar-refractivity contribution in [2.75, 3.05) is 13.2 Å². The number of hydrogen-bond acceptors (Lipinski definition) is 8. The number of aliphatic hydroxyl groups is 5. The zero-order valence-corrected chi connectivity index (χ0v) is 47.8. The van der Waals surface area contributed by atoms with Crippen LogP contribution in [0.2, 0.25) is 0 Å². The van der Waals surface area contributed by atoms with Crippen molar-refractivity contribution in [2.45, 2.75) is 320 Å². The molecule has 0 aromatic carbocycles. The molecule has 6 N–H and O–H groups in total. The van der Waals surface area contributed by atoms with Crippen LogP contribution in [-0.2, 0) is 14.3 Å². The maximum Gasteiger partial charge on any atom is 0.220 e. The van der Waals surface area contributed by atoms with Crippen molar-refractivity contribution in [1.29, 1.82) is 0 Å². The Morgan fingerprint density at radius 1 is 0.473 bits per heavy atom. The second-order valence-electron chi connectivity index (χ2n) is 21.5. The summed E-state index contributed by atoms with van der Waals surface area (Å²) in [5, 5.41) is 54.7. The summed E-state index contributed by atoms with van der Waals surface area (Å²) in [6.45, 7) is 3.74. The molecule has 1 heterocycles. The third-order valence-corrected chi connectivity index (χ3v) is 14.6. The van der Waals surface area contributed by atoms with Crippen LogP contribution in [-0.4, -0.2) is 87.5 Å². The summed E-state index contributed by atoms with van der Waals surface area (Å²) in [4.78, 5) is 13.1. The first-order valence-corrected chi connectivity index (χ1v) is 31.1. The molecule has 74 heavy (non-hydrogen) atoms. The minimum atomic E-state index is -1.55. The first kappa shape index (κ1) is 69.6. The number of carbonyl (C=O) groups excluding carboxylic acids is 1. The molecule has 1 aliphatic heterocycles. The van der Waals surface area contributed by atoms with Crippen LogP contribution in [0, 0.1) is 0 Å². The van der Waals surface area contributed by atoms with Crippen LogP contribution < -0.4 is 5.32 Å². The van der Waals surface area contributed by atoms with Gasteiger partial charge < -0.3 is 40.3 Å². The molecule has 1 amide bonds. The monoisotopic (exact) mass is 1040 g/mol. The Morgan fingerprint density at radius 3 is 1.24 bits per heavy atom. The van der Waals surface area contributed by atoms with Crippen molar-refractivity contribution in [3.05, 3.63) is 72.9 Å². The number of hydrogen-bond donors (Lipinski definition) is 6. The summed E-state index contributed by atoms with van der Waals surface area (Å²) in [5.74, 6) is -0.143. The van der Waals surface area contributed by atoms with Gasteiger partial charge in [0.1, 0.15) is 24.4 Å². The molecule has 1 saturated heterocycles. The quantitative estimate of drug-likeness (QED) is 0.0261. The number of unbranched alkanes of at least 4 members (excludes halogenated alkanes) is 31. The lowest BCUT2D eigenvalue weighted by Crippen LogP contribution is -2.60. The van der Waals surface area contributed by atoms with Crippen LogP contribution >= 0.6 is 0 Å². The highest BCUT2D eigenvalue weighted by Gasteiger charge is 2.44. The van der Waals surface area contributed by atoms with Crippen molar-refractivity contribution in [1.82, 2.24) is 5.32 Å². The summed E-state index contributed by atoms with van der Waals surface area (Å²) in [6, 6.07) is -0.721. The Hall–Kier alpha value is -2.37. The fourth-order valence-electron chi connectivity index (χ4n) is 9.70. The Kier molecular flexibility index (Phi) is 50.8. The van der Waals surface area contributed by atoms with Crippen LogP contribution in [0.25, 0.3) is 0 Å². The maximum absolute atomic E-state index is 13.1. The summed E-state index contributed by atoms with van der Waals surface area (Å²) in [5.41, 5.74) is 0. The molecule has 9 heteroatoms. The lowest BCUT2D eigenvalue weighted by molar-refractivity contribution is -0.302. The highest BCUT2D eigenvalue weighted by molar-refractivity contribution is 5.76. The van der Waals surface area contributed by atoms with Gasteiger partial charge in [0, 0.05) is 6.42 Å². The van der Waals surface area contributed by atoms with Crippen molar-refractivity contribution >= 4 is 5.91 Å². The molecule has 1 rings (SSSR count). The Labute approximate surface area is 455 Å². The Morgan fingerprint density at radius 2 is 0.838 bits per heavy atom. The third-order valence-electron chi connectivity index (χ3n) is 14.6. The van der Waals surface area contributed by atoms with E-state index in [-0.39, 0.29) is 12.5 Å². The van der Waals surface area contributed by atoms with Crippen LogP contribution in [0.1, 0.15) is 277 Å². The maximum atomic E-state index is 13.1. The van der Waals surface area contributed by atoms with Crippen LogP contribution in [0.3, 0.4) is 0 Å². The average molecular weight is 1040 g/mol. The smallest absolute Gasteiger partial charge is 0.220 e. The van der Waals surface area contributed by atoms with Gasteiger partial charge in [0.25, 0.3) is 0 Å². The second-order valence-corrected chi connectivity index (χ2v) is 21.5. The predicted octanol–water partition coefficient (Wildman–Crippen LogP) is 16.0. The zero-order valence-electron chi connectivity index (χ0n) is 47.8. The fraction of sp³-hybridized carbons (Fsp3) is 0.800. The van der Waals surface area contributed by atoms with Gasteiger partial charge in [-0.25, -0.2) is 0 Å². The summed E-state index contributed by atoms with van der Waals surface area (Å²) < 4.78 is 11.3. The summed E-state index contributed by atoms with van der Waals surface area (Å²) >= 11 is 0. The fourth-order valence-corrected chi connectivity index (χ4v) is 9.70. The molecule has 0 saturated carbocycles. The molecule has 0 bridgehead atoms.